The Morgan fingerprint density at radius 1 is 0.500 bits per heavy atom. The third-order valence-electron chi connectivity index (χ3n) is 0. The Bertz CT molecular complexity index is 3.25. The first-order valence-electron chi connectivity index (χ1n) is 0. The summed E-state index contributed by atoms with van der Waals surface area (Å²) in [4.78, 5) is 0. The molecule has 0 rings (SSSR count). The van der Waals surface area contributed by atoms with Crippen LogP contribution in [-0.4, -0.2) is 160 Å². The summed E-state index contributed by atoms with van der Waals surface area (Å²) in [5.74, 6) is 0. The van der Waals surface area contributed by atoms with E-state index in [0.29, 0.717) is 0 Å². The van der Waals surface area contributed by atoms with Gasteiger partial charge in [0.05, 0.1) is 0 Å². The Hall–Kier alpha value is 4.87. The first-order valence-corrected chi connectivity index (χ1v) is 0. The third-order valence-corrected chi connectivity index (χ3v) is 0. The van der Waals surface area contributed by atoms with Crippen molar-refractivity contribution in [1.82, 2.24) is 0 Å². The van der Waals surface area contributed by atoms with Gasteiger partial charge in [-0.15, -0.1) is 0 Å². The monoisotopic (exact) mass is 138 g/mol. The predicted molar refractivity (Wildman–Crippen MR) is 25.1 cm³/mol. The molecule has 0 saturated carbocycles. The van der Waals surface area contributed by atoms with Crippen molar-refractivity contribution in [1.29, 1.82) is 0 Å². The van der Waals surface area contributed by atoms with E-state index in [1.807, 2.05) is 0 Å². The van der Waals surface area contributed by atoms with Crippen molar-refractivity contribution in [3.63, 3.8) is 0 Å². The Morgan fingerprint density at radius 3 is 0.500 bits per heavy atom. The van der Waals surface area contributed by atoms with Crippen molar-refractivity contribution in [2.45, 2.75) is 0 Å². The molecule has 0 bridgehead atoms. The second kappa shape index (κ2) is 15.7. The third kappa shape index (κ3) is 9.98. The van der Waals surface area contributed by atoms with Crippen LogP contribution in [0.1, 0.15) is 0 Å². The quantitative estimate of drug-likeness (QED) is 0.325. The van der Waals surface area contributed by atoms with Crippen LogP contribution in [0.2, 0.25) is 0 Å². The van der Waals surface area contributed by atoms with Gasteiger partial charge in [0.25, 0.3) is 0 Å². The van der Waals surface area contributed by atoms with Crippen molar-refractivity contribution in [2.75, 3.05) is 0 Å². The van der Waals surface area contributed by atoms with E-state index in [0.717, 1.165) is 0 Å². The predicted octanol–water partition coefficient (Wildman–Crippen LogP) is -2.77. The molecule has 0 aromatic rings. The van der Waals surface area contributed by atoms with Gasteiger partial charge in [-0.05, 0) is 0 Å². The van der Waals surface area contributed by atoms with Crippen molar-refractivity contribution in [3.8, 4) is 0 Å². The van der Waals surface area contributed by atoms with Crippen molar-refractivity contribution in [3.05, 3.63) is 0 Å². The van der Waals surface area contributed by atoms with Crippen molar-refractivity contribution >= 4 is 154 Å². The zero-order chi connectivity index (χ0) is 0. The van der Waals surface area contributed by atoms with Gasteiger partial charge in [-0.3, -0.25) is 0 Å². The molecule has 0 heterocycles. The molecule has 14 valence electrons. The fourth-order valence-electron chi connectivity index (χ4n) is 0. The molecule has 0 aliphatic rings. The van der Waals surface area contributed by atoms with E-state index in [1.165, 1.54) is 0 Å². The summed E-state index contributed by atoms with van der Waals surface area (Å²) in [6, 6.07) is 0. The Balaban J connectivity index is 0. The molecule has 0 aromatic carbocycles. The Kier molecular flexibility index (Phi) is 90.7. The molecule has 0 aromatic heterocycles. The molecule has 1 nitrogen and oxygen atoms in total. The van der Waals surface area contributed by atoms with E-state index in [-0.39, 0.29) is 160 Å². The van der Waals surface area contributed by atoms with Crippen LogP contribution in [0, 0.1) is 0 Å². The molecule has 0 radical (unpaired) electrons. The summed E-state index contributed by atoms with van der Waals surface area (Å²) in [6.07, 6.45) is 0. The topological polar surface area (TPSA) is 31.5 Å². The van der Waals surface area contributed by atoms with Crippen LogP contribution in [0.5, 0.6) is 0 Å². The minimum absolute atomic E-state index is 0. The van der Waals surface area contributed by atoms with Crippen LogP contribution >= 0.6 is 0 Å². The van der Waals surface area contributed by atoms with Gasteiger partial charge in [0.15, 0.2) is 0 Å². The van der Waals surface area contributed by atoms with Gasteiger partial charge in [-0.2, -0.15) is 0 Å². The molecule has 0 unspecified atom stereocenters. The average Bonchev–Trinajstić information content (AvgIpc) is 0. The van der Waals surface area contributed by atoms with Gasteiger partial charge in [0, 0.05) is 0 Å². The van der Waals surface area contributed by atoms with Crippen LogP contribution in [0.25, 0.3) is 0 Å². The molecule has 0 fully saturated rings. The summed E-state index contributed by atoms with van der Waals surface area (Å²) < 4.78 is 0. The van der Waals surface area contributed by atoms with Gasteiger partial charge in [-0.1, -0.05) is 0 Å². The van der Waals surface area contributed by atoms with Crippen LogP contribution in [0.15, 0.2) is 0 Å². The molecule has 2 N–H and O–H groups in total. The van der Waals surface area contributed by atoms with Gasteiger partial charge in [0.1, 0.15) is 0 Å². The molecule has 4 heavy (non-hydrogen) atoms. The van der Waals surface area contributed by atoms with E-state index < -0.39 is 0 Å². The summed E-state index contributed by atoms with van der Waals surface area (Å²) in [5.41, 5.74) is 0. The maximum atomic E-state index is 0. The van der Waals surface area contributed by atoms with Gasteiger partial charge in [0.2, 0.25) is 0 Å². The second-order valence-electron chi connectivity index (χ2n) is 0. The van der Waals surface area contributed by atoms with E-state index >= 15 is 0 Å². The average molecular weight is 138 g/mol. The molecule has 0 aliphatic carbocycles. The van der Waals surface area contributed by atoms with E-state index in [9.17, 15) is 0 Å². The summed E-state index contributed by atoms with van der Waals surface area (Å²) in [5, 5.41) is 0. The summed E-state index contributed by atoms with van der Waals surface area (Å²) in [7, 11) is 0. The molecule has 0 spiro atoms. The Labute approximate surface area is 154 Å². The summed E-state index contributed by atoms with van der Waals surface area (Å²) in [6.45, 7) is 0. The maximum absolute atomic E-state index is 0. The van der Waals surface area contributed by atoms with Crippen LogP contribution in [-0.2, 0) is 0 Å². The second-order valence-corrected chi connectivity index (χ2v) is 0. The first-order chi connectivity index (χ1) is 0. The molecular formula is H5K3O. The molecule has 0 amide bonds. The first kappa shape index (κ1) is 23.2. The number of rotatable bonds is 0. The SMILES string of the molecule is O.[KH].[KH].[KH]. The van der Waals surface area contributed by atoms with Gasteiger partial charge >= 0.3 is 154 Å². The normalized spacial score (nSPS) is 0. The minimum atomic E-state index is 0. The van der Waals surface area contributed by atoms with Gasteiger partial charge < -0.3 is 5.48 Å². The van der Waals surface area contributed by atoms with E-state index in [1.54, 1.807) is 0 Å². The van der Waals surface area contributed by atoms with Crippen LogP contribution in [0.4, 0.5) is 0 Å². The van der Waals surface area contributed by atoms with Crippen molar-refractivity contribution < 1.29 is 5.48 Å². The zero-order valence-electron chi connectivity index (χ0n) is 0.500. The molecule has 0 atom stereocenters. The van der Waals surface area contributed by atoms with Crippen LogP contribution in [0.3, 0.4) is 0 Å². The fraction of sp³-hybridized carbons (Fsp3) is 0. The fourth-order valence-corrected chi connectivity index (χ4v) is 0. The van der Waals surface area contributed by atoms with Crippen LogP contribution < -0.4 is 0 Å². The molecule has 4 heteroatoms. The molecular weight excluding hydrogens is 133 g/mol. The number of hydrogen-bond donors (Lipinski definition) is 0. The zero-order valence-corrected chi connectivity index (χ0v) is 0.500. The van der Waals surface area contributed by atoms with Crippen molar-refractivity contribution in [2.24, 2.45) is 0 Å². The standard InChI is InChI=1S/3K.H2O.3H/h;;;1H2;;;. The summed E-state index contributed by atoms with van der Waals surface area (Å²) >= 11 is 0. The molecule has 0 aliphatic heterocycles. The Morgan fingerprint density at radius 2 is 0.500 bits per heavy atom. The van der Waals surface area contributed by atoms with E-state index in [2.05, 4.69) is 0 Å². The van der Waals surface area contributed by atoms with Gasteiger partial charge in [-0.25, -0.2) is 0 Å². The number of hydrogen-bond acceptors (Lipinski definition) is 0. The van der Waals surface area contributed by atoms with E-state index in [4.69, 9.17) is 0 Å². The molecule has 0 saturated heterocycles.